The number of benzene rings is 1. The summed E-state index contributed by atoms with van der Waals surface area (Å²) < 4.78 is 51.2. The molecular formula is C17H21F3O2. The number of halogens is 3. The fourth-order valence-corrected chi connectivity index (χ4v) is 3.45. The van der Waals surface area contributed by atoms with E-state index < -0.39 is 23.7 Å². The standard InChI is InChI=1S/C17H21F3O2/c1-10-2-4-11(5-3-10)12-8-21-17(22-9-12)13-6-7-14(18)16(20)15(13)19/h6-7,10-12,17H,2-5,8-9H2,1H3. The minimum atomic E-state index is -1.48. The van der Waals surface area contributed by atoms with Crippen molar-refractivity contribution < 1.29 is 22.6 Å². The van der Waals surface area contributed by atoms with Crippen LogP contribution in [0.1, 0.15) is 44.5 Å². The van der Waals surface area contributed by atoms with Crippen molar-refractivity contribution in [1.82, 2.24) is 0 Å². The highest BCUT2D eigenvalue weighted by molar-refractivity contribution is 5.21. The highest BCUT2D eigenvalue weighted by Gasteiger charge is 2.33. The quantitative estimate of drug-likeness (QED) is 0.743. The Morgan fingerprint density at radius 1 is 0.864 bits per heavy atom. The predicted octanol–water partition coefficient (Wildman–Crippen LogP) is 4.59. The van der Waals surface area contributed by atoms with Crippen LogP contribution in [0.3, 0.4) is 0 Å². The van der Waals surface area contributed by atoms with Gasteiger partial charge < -0.3 is 9.47 Å². The zero-order valence-electron chi connectivity index (χ0n) is 12.7. The van der Waals surface area contributed by atoms with Crippen molar-refractivity contribution in [3.05, 3.63) is 35.1 Å². The van der Waals surface area contributed by atoms with Gasteiger partial charge >= 0.3 is 0 Å². The van der Waals surface area contributed by atoms with Crippen LogP contribution in [-0.2, 0) is 9.47 Å². The van der Waals surface area contributed by atoms with Crippen LogP contribution in [0.15, 0.2) is 12.1 Å². The SMILES string of the molecule is CC1CCC(C2COC(c3ccc(F)c(F)c3F)OC2)CC1. The topological polar surface area (TPSA) is 18.5 Å². The largest absolute Gasteiger partial charge is 0.348 e. The fraction of sp³-hybridized carbons (Fsp3) is 0.647. The number of hydrogen-bond donors (Lipinski definition) is 0. The molecule has 0 bridgehead atoms. The highest BCUT2D eigenvalue weighted by Crippen LogP contribution is 2.37. The van der Waals surface area contributed by atoms with E-state index in [1.54, 1.807) is 0 Å². The third-order valence-electron chi connectivity index (χ3n) is 4.97. The number of rotatable bonds is 2. The van der Waals surface area contributed by atoms with Crippen molar-refractivity contribution in [3.63, 3.8) is 0 Å². The Balaban J connectivity index is 1.61. The van der Waals surface area contributed by atoms with E-state index in [1.165, 1.54) is 31.7 Å². The molecule has 0 unspecified atom stereocenters. The average molecular weight is 314 g/mol. The Bertz CT molecular complexity index is 519. The van der Waals surface area contributed by atoms with Crippen molar-refractivity contribution in [3.8, 4) is 0 Å². The van der Waals surface area contributed by atoms with Crippen molar-refractivity contribution >= 4 is 0 Å². The zero-order chi connectivity index (χ0) is 15.7. The van der Waals surface area contributed by atoms with E-state index in [2.05, 4.69) is 6.92 Å². The van der Waals surface area contributed by atoms with Gasteiger partial charge in [-0.05, 0) is 36.8 Å². The van der Waals surface area contributed by atoms with E-state index in [1.807, 2.05) is 0 Å². The van der Waals surface area contributed by atoms with Gasteiger partial charge in [0.1, 0.15) is 0 Å². The van der Waals surface area contributed by atoms with Crippen LogP contribution in [0.5, 0.6) is 0 Å². The summed E-state index contributed by atoms with van der Waals surface area (Å²) in [5.74, 6) is -2.25. The summed E-state index contributed by atoms with van der Waals surface area (Å²) in [6.07, 6.45) is 3.84. The van der Waals surface area contributed by atoms with Crippen LogP contribution in [0.2, 0.25) is 0 Å². The summed E-state index contributed by atoms with van der Waals surface area (Å²) in [4.78, 5) is 0. The van der Waals surface area contributed by atoms with E-state index in [4.69, 9.17) is 9.47 Å². The van der Waals surface area contributed by atoms with Crippen LogP contribution in [-0.4, -0.2) is 13.2 Å². The summed E-state index contributed by atoms with van der Waals surface area (Å²) in [7, 11) is 0. The molecule has 2 aliphatic rings. The summed E-state index contributed by atoms with van der Waals surface area (Å²) in [6.45, 7) is 3.22. The molecule has 1 aliphatic carbocycles. The maximum atomic E-state index is 13.8. The monoisotopic (exact) mass is 314 g/mol. The predicted molar refractivity (Wildman–Crippen MR) is 75.6 cm³/mol. The normalized spacial score (nSPS) is 32.9. The van der Waals surface area contributed by atoms with Gasteiger partial charge in [0, 0.05) is 11.5 Å². The van der Waals surface area contributed by atoms with Gasteiger partial charge in [0.15, 0.2) is 23.7 Å². The molecule has 1 aromatic carbocycles. The maximum Gasteiger partial charge on any atom is 0.194 e. The third kappa shape index (κ3) is 3.15. The third-order valence-corrected chi connectivity index (χ3v) is 4.97. The molecule has 5 heteroatoms. The van der Waals surface area contributed by atoms with Gasteiger partial charge in [0.2, 0.25) is 0 Å². The molecule has 2 fully saturated rings. The zero-order valence-corrected chi connectivity index (χ0v) is 12.7. The molecule has 0 atom stereocenters. The molecule has 0 spiro atoms. The summed E-state index contributed by atoms with van der Waals surface area (Å²) in [5.41, 5.74) is -0.0744. The first-order valence-electron chi connectivity index (χ1n) is 7.93. The first-order chi connectivity index (χ1) is 10.6. The van der Waals surface area contributed by atoms with Crippen LogP contribution < -0.4 is 0 Å². The summed E-state index contributed by atoms with van der Waals surface area (Å²) in [5, 5.41) is 0. The molecule has 1 saturated carbocycles. The van der Waals surface area contributed by atoms with Crippen molar-refractivity contribution in [1.29, 1.82) is 0 Å². The lowest BCUT2D eigenvalue weighted by molar-refractivity contribution is -0.216. The Labute approximate surface area is 128 Å². The molecule has 0 radical (unpaired) electrons. The van der Waals surface area contributed by atoms with Crippen molar-refractivity contribution in [2.24, 2.45) is 17.8 Å². The summed E-state index contributed by atoms with van der Waals surface area (Å²) >= 11 is 0. The van der Waals surface area contributed by atoms with Gasteiger partial charge in [-0.1, -0.05) is 19.8 Å². The minimum absolute atomic E-state index is 0.0744. The van der Waals surface area contributed by atoms with Gasteiger partial charge in [-0.15, -0.1) is 0 Å². The molecule has 0 amide bonds. The van der Waals surface area contributed by atoms with Gasteiger partial charge in [-0.2, -0.15) is 0 Å². The van der Waals surface area contributed by atoms with Crippen molar-refractivity contribution in [2.75, 3.05) is 13.2 Å². The first kappa shape index (κ1) is 15.8. The maximum absolute atomic E-state index is 13.8. The second-order valence-electron chi connectivity index (χ2n) is 6.54. The lowest BCUT2D eigenvalue weighted by Gasteiger charge is -2.37. The van der Waals surface area contributed by atoms with Gasteiger partial charge in [-0.3, -0.25) is 0 Å². The molecule has 22 heavy (non-hydrogen) atoms. The molecule has 1 saturated heterocycles. The van der Waals surface area contributed by atoms with Crippen LogP contribution in [0.25, 0.3) is 0 Å². The molecule has 2 nitrogen and oxygen atoms in total. The van der Waals surface area contributed by atoms with E-state index in [0.717, 1.165) is 12.0 Å². The molecule has 3 rings (SSSR count). The number of hydrogen-bond acceptors (Lipinski definition) is 2. The van der Waals surface area contributed by atoms with E-state index in [9.17, 15) is 13.2 Å². The Kier molecular flexibility index (Phi) is 4.73. The molecule has 1 aromatic rings. The lowest BCUT2D eigenvalue weighted by Crippen LogP contribution is -2.34. The lowest BCUT2D eigenvalue weighted by atomic mass is 9.76. The van der Waals surface area contributed by atoms with Crippen LogP contribution in [0.4, 0.5) is 13.2 Å². The molecule has 1 heterocycles. The molecule has 0 N–H and O–H groups in total. The highest BCUT2D eigenvalue weighted by atomic mass is 19.2. The Hall–Kier alpha value is -1.07. The second-order valence-corrected chi connectivity index (χ2v) is 6.54. The second kappa shape index (κ2) is 6.59. The summed E-state index contributed by atoms with van der Waals surface area (Å²) in [6, 6.07) is 2.08. The Morgan fingerprint density at radius 3 is 2.14 bits per heavy atom. The van der Waals surface area contributed by atoms with Gasteiger partial charge in [0.25, 0.3) is 0 Å². The molecule has 1 aliphatic heterocycles. The van der Waals surface area contributed by atoms with E-state index >= 15 is 0 Å². The van der Waals surface area contributed by atoms with E-state index in [-0.39, 0.29) is 5.56 Å². The minimum Gasteiger partial charge on any atom is -0.348 e. The van der Waals surface area contributed by atoms with E-state index in [0.29, 0.717) is 25.0 Å². The van der Waals surface area contributed by atoms with Gasteiger partial charge in [-0.25, -0.2) is 13.2 Å². The van der Waals surface area contributed by atoms with Crippen molar-refractivity contribution in [2.45, 2.75) is 38.9 Å². The molecular weight excluding hydrogens is 293 g/mol. The fourth-order valence-electron chi connectivity index (χ4n) is 3.45. The van der Waals surface area contributed by atoms with Crippen LogP contribution >= 0.6 is 0 Å². The van der Waals surface area contributed by atoms with Gasteiger partial charge in [0.05, 0.1) is 13.2 Å². The Morgan fingerprint density at radius 2 is 1.50 bits per heavy atom. The molecule has 122 valence electrons. The van der Waals surface area contributed by atoms with Crippen LogP contribution in [0, 0.1) is 35.2 Å². The smallest absolute Gasteiger partial charge is 0.194 e. The first-order valence-corrected chi connectivity index (χ1v) is 7.93. The average Bonchev–Trinajstić information content (AvgIpc) is 2.54. The molecule has 0 aromatic heterocycles. The number of ether oxygens (including phenoxy) is 2.